The monoisotopic (exact) mass is 317 g/mol. The van der Waals surface area contributed by atoms with Gasteiger partial charge in [-0.05, 0) is 12.3 Å². The molecule has 0 aromatic carbocycles. The molecule has 0 heterocycles. The van der Waals surface area contributed by atoms with Crippen molar-refractivity contribution >= 4 is 18.0 Å². The number of rotatable bonds is 9. The lowest BCUT2D eigenvalue weighted by Crippen LogP contribution is -2.36. The molecule has 2 N–H and O–H groups in total. The van der Waals surface area contributed by atoms with Crippen LogP contribution in [0, 0.1) is 17.8 Å². The minimum absolute atomic E-state index is 0.0221. The topological polar surface area (TPSA) is 102 Å². The fourth-order valence-corrected chi connectivity index (χ4v) is 1.57. The number of nitrogens with one attached hydrogen (secondary N) is 1. The highest BCUT2D eigenvalue weighted by atomic mass is 16.7. The number of carbonyl (C=O) groups is 3. The lowest BCUT2D eigenvalue weighted by Gasteiger charge is -2.17. The summed E-state index contributed by atoms with van der Waals surface area (Å²) in [7, 11) is 0. The second kappa shape index (κ2) is 10.0. The van der Waals surface area contributed by atoms with E-state index in [1.807, 2.05) is 13.8 Å². The molecule has 0 aromatic rings. The predicted octanol–water partition coefficient (Wildman–Crippen LogP) is 2.39. The molecule has 0 aliphatic carbocycles. The van der Waals surface area contributed by atoms with E-state index in [1.165, 1.54) is 6.92 Å². The zero-order chi connectivity index (χ0) is 17.3. The largest absolute Gasteiger partial charge is 0.481 e. The highest BCUT2D eigenvalue weighted by Crippen LogP contribution is 2.12. The first-order valence-electron chi connectivity index (χ1n) is 7.51. The zero-order valence-corrected chi connectivity index (χ0v) is 13.9. The van der Waals surface area contributed by atoms with Crippen LogP contribution in [-0.2, 0) is 19.1 Å². The van der Waals surface area contributed by atoms with Gasteiger partial charge in [-0.1, -0.05) is 34.1 Å². The molecule has 128 valence electrons. The Labute approximate surface area is 131 Å². The maximum atomic E-state index is 11.6. The van der Waals surface area contributed by atoms with Crippen LogP contribution in [0.3, 0.4) is 0 Å². The molecule has 0 unspecified atom stereocenters. The molecule has 0 spiro atoms. The fraction of sp³-hybridized carbons (Fsp3) is 0.800. The molecule has 22 heavy (non-hydrogen) atoms. The first kappa shape index (κ1) is 20.2. The number of amides is 1. The van der Waals surface area contributed by atoms with E-state index in [-0.39, 0.29) is 12.5 Å². The first-order valence-corrected chi connectivity index (χ1v) is 7.51. The number of esters is 1. The van der Waals surface area contributed by atoms with Crippen molar-refractivity contribution in [1.29, 1.82) is 0 Å². The number of alkyl carbamates (subject to hydrolysis) is 1. The van der Waals surface area contributed by atoms with Crippen LogP contribution in [0.15, 0.2) is 0 Å². The van der Waals surface area contributed by atoms with Crippen molar-refractivity contribution in [2.45, 2.75) is 53.8 Å². The Kier molecular flexibility index (Phi) is 9.21. The summed E-state index contributed by atoms with van der Waals surface area (Å²) in [5.74, 6) is -2.02. The highest BCUT2D eigenvalue weighted by Gasteiger charge is 2.21. The minimum atomic E-state index is -1.02. The molecule has 2 atom stereocenters. The van der Waals surface area contributed by atoms with Crippen LogP contribution in [-0.4, -0.2) is 36.0 Å². The second-order valence-corrected chi connectivity index (χ2v) is 5.95. The third-order valence-corrected chi connectivity index (χ3v) is 2.96. The van der Waals surface area contributed by atoms with Crippen LogP contribution >= 0.6 is 0 Å². The number of carboxylic acids is 1. The number of hydrogen-bond donors (Lipinski definition) is 2. The van der Waals surface area contributed by atoms with Crippen molar-refractivity contribution in [1.82, 2.24) is 5.32 Å². The Hall–Kier alpha value is -1.79. The number of carboxylic acid groups (broad SMARTS) is 1. The number of carbonyl (C=O) groups excluding carboxylic acids is 2. The van der Waals surface area contributed by atoms with E-state index >= 15 is 0 Å². The summed E-state index contributed by atoms with van der Waals surface area (Å²) in [6, 6.07) is 0. The quantitative estimate of drug-likeness (QED) is 0.500. The molecule has 0 bridgehead atoms. The average molecular weight is 317 g/mol. The number of ether oxygens (including phenoxy) is 2. The maximum absolute atomic E-state index is 11.6. The molecule has 0 rings (SSSR count). The molecule has 0 saturated carbocycles. The van der Waals surface area contributed by atoms with Gasteiger partial charge >= 0.3 is 18.0 Å². The first-order chi connectivity index (χ1) is 10.1. The summed E-state index contributed by atoms with van der Waals surface area (Å²) in [6.07, 6.45) is -0.588. The average Bonchev–Trinajstić information content (AvgIpc) is 2.37. The second-order valence-electron chi connectivity index (χ2n) is 5.95. The molecular weight excluding hydrogens is 290 g/mol. The van der Waals surface area contributed by atoms with Crippen LogP contribution in [0.1, 0.15) is 47.5 Å². The lowest BCUT2D eigenvalue weighted by atomic mass is 9.98. The van der Waals surface area contributed by atoms with Gasteiger partial charge in [0.1, 0.15) is 0 Å². The van der Waals surface area contributed by atoms with Gasteiger partial charge in [-0.25, -0.2) is 4.79 Å². The Morgan fingerprint density at radius 1 is 1.00 bits per heavy atom. The van der Waals surface area contributed by atoms with E-state index < -0.39 is 30.2 Å². The van der Waals surface area contributed by atoms with Crippen LogP contribution < -0.4 is 5.32 Å². The van der Waals surface area contributed by atoms with Gasteiger partial charge in [-0.2, -0.15) is 0 Å². The molecule has 1 amide bonds. The highest BCUT2D eigenvalue weighted by molar-refractivity contribution is 5.73. The lowest BCUT2D eigenvalue weighted by molar-refractivity contribution is -0.168. The molecule has 0 aliphatic heterocycles. The molecule has 0 saturated heterocycles. The summed E-state index contributed by atoms with van der Waals surface area (Å²) in [4.78, 5) is 34.0. The number of aliphatic carboxylic acids is 1. The summed E-state index contributed by atoms with van der Waals surface area (Å²) in [6.45, 7) is 8.75. The molecule has 0 aliphatic rings. The van der Waals surface area contributed by atoms with Gasteiger partial charge in [0, 0.05) is 13.5 Å². The van der Waals surface area contributed by atoms with E-state index in [0.717, 1.165) is 6.42 Å². The third-order valence-electron chi connectivity index (χ3n) is 2.96. The zero-order valence-electron chi connectivity index (χ0n) is 13.9. The Morgan fingerprint density at radius 2 is 1.59 bits per heavy atom. The minimum Gasteiger partial charge on any atom is -0.481 e. The van der Waals surface area contributed by atoms with Crippen molar-refractivity contribution in [3.8, 4) is 0 Å². The molecular formula is C15H27NO6. The molecule has 0 radical (unpaired) electrons. The number of hydrogen-bond acceptors (Lipinski definition) is 5. The van der Waals surface area contributed by atoms with E-state index in [0.29, 0.717) is 12.3 Å². The maximum Gasteiger partial charge on any atom is 0.410 e. The Bertz CT molecular complexity index is 380. The summed E-state index contributed by atoms with van der Waals surface area (Å²) < 4.78 is 9.72. The molecule has 0 aromatic heterocycles. The van der Waals surface area contributed by atoms with E-state index in [9.17, 15) is 14.4 Å². The van der Waals surface area contributed by atoms with Crippen molar-refractivity contribution in [2.75, 3.05) is 6.54 Å². The predicted molar refractivity (Wildman–Crippen MR) is 80.1 cm³/mol. The SMILES string of the molecule is CC(C)CC[C@@H](CNC(=O)O[C@@H](C)OC(=O)C(C)C)C(=O)O. The molecule has 7 heteroatoms. The summed E-state index contributed by atoms with van der Waals surface area (Å²) in [5, 5.41) is 11.5. The van der Waals surface area contributed by atoms with Gasteiger partial charge in [-0.15, -0.1) is 0 Å². The van der Waals surface area contributed by atoms with Crippen LogP contribution in [0.2, 0.25) is 0 Å². The van der Waals surface area contributed by atoms with Gasteiger partial charge in [0.05, 0.1) is 11.8 Å². The van der Waals surface area contributed by atoms with Crippen LogP contribution in [0.25, 0.3) is 0 Å². The third kappa shape index (κ3) is 9.20. The normalized spacial score (nSPS) is 13.6. The Morgan fingerprint density at radius 3 is 2.05 bits per heavy atom. The van der Waals surface area contributed by atoms with Crippen molar-refractivity contribution < 1.29 is 29.0 Å². The van der Waals surface area contributed by atoms with Gasteiger partial charge in [0.25, 0.3) is 0 Å². The Balaban J connectivity index is 4.18. The van der Waals surface area contributed by atoms with Crippen molar-refractivity contribution in [3.05, 3.63) is 0 Å². The van der Waals surface area contributed by atoms with E-state index in [4.69, 9.17) is 14.6 Å². The van der Waals surface area contributed by atoms with Crippen molar-refractivity contribution in [2.24, 2.45) is 17.8 Å². The van der Waals surface area contributed by atoms with Gasteiger partial charge in [0.15, 0.2) is 0 Å². The van der Waals surface area contributed by atoms with Crippen molar-refractivity contribution in [3.63, 3.8) is 0 Å². The van der Waals surface area contributed by atoms with E-state index in [2.05, 4.69) is 5.32 Å². The standard InChI is InChI=1S/C15H27NO6/c1-9(2)6-7-12(13(17)18)8-16-15(20)22-11(5)21-14(19)10(3)4/h9-12H,6-8H2,1-5H3,(H,16,20)(H,17,18)/t11-,12-/m0/s1. The smallest absolute Gasteiger partial charge is 0.410 e. The van der Waals surface area contributed by atoms with Gasteiger partial charge in [0.2, 0.25) is 6.29 Å². The molecule has 7 nitrogen and oxygen atoms in total. The molecule has 0 fully saturated rings. The van der Waals surface area contributed by atoms with Crippen LogP contribution in [0.5, 0.6) is 0 Å². The van der Waals surface area contributed by atoms with Crippen LogP contribution in [0.4, 0.5) is 4.79 Å². The van der Waals surface area contributed by atoms with Gasteiger partial charge in [-0.3, -0.25) is 9.59 Å². The van der Waals surface area contributed by atoms with E-state index in [1.54, 1.807) is 13.8 Å². The fourth-order valence-electron chi connectivity index (χ4n) is 1.57. The van der Waals surface area contributed by atoms with Gasteiger partial charge < -0.3 is 19.9 Å². The summed E-state index contributed by atoms with van der Waals surface area (Å²) >= 11 is 0. The summed E-state index contributed by atoms with van der Waals surface area (Å²) in [5.41, 5.74) is 0.